The quantitative estimate of drug-likeness (QED) is 0.845. The fourth-order valence-corrected chi connectivity index (χ4v) is 3.59. The van der Waals surface area contributed by atoms with E-state index in [1.54, 1.807) is 0 Å². The fourth-order valence-electron chi connectivity index (χ4n) is 3.59. The number of rotatable bonds is 4. The van der Waals surface area contributed by atoms with Crippen molar-refractivity contribution in [2.45, 2.75) is 79.0 Å². The average Bonchev–Trinajstić information content (AvgIpc) is 2.83. The van der Waals surface area contributed by atoms with Crippen molar-refractivity contribution in [3.05, 3.63) is 34.4 Å². The number of carbonyl (C=O) groups excluding carboxylic acids is 1. The van der Waals surface area contributed by atoms with Crippen LogP contribution in [0.5, 0.6) is 0 Å². The van der Waals surface area contributed by atoms with Crippen LogP contribution in [0.15, 0.2) is 12.1 Å². The maximum atomic E-state index is 12.4. The van der Waals surface area contributed by atoms with Gasteiger partial charge in [0.15, 0.2) is 0 Å². The predicted octanol–water partition coefficient (Wildman–Crippen LogP) is 4.21. The van der Waals surface area contributed by atoms with Gasteiger partial charge >= 0.3 is 5.97 Å². The van der Waals surface area contributed by atoms with E-state index in [2.05, 4.69) is 38.2 Å². The lowest BCUT2D eigenvalue weighted by Gasteiger charge is -2.26. The molecule has 1 saturated carbocycles. The Morgan fingerprint density at radius 2 is 1.78 bits per heavy atom. The number of aryl methyl sites for hydroxylation is 3. The van der Waals surface area contributed by atoms with E-state index in [1.807, 2.05) is 20.8 Å². The van der Waals surface area contributed by atoms with Gasteiger partial charge in [-0.25, -0.2) is 0 Å². The summed E-state index contributed by atoms with van der Waals surface area (Å²) in [4.78, 5) is 12.4. The monoisotopic (exact) mass is 317 g/mol. The van der Waals surface area contributed by atoms with Gasteiger partial charge in [-0.15, -0.1) is 0 Å². The number of ether oxygens (including phenoxy) is 1. The molecule has 1 aromatic carbocycles. The first-order valence-corrected chi connectivity index (χ1v) is 8.70. The Morgan fingerprint density at radius 1 is 1.17 bits per heavy atom. The molecule has 23 heavy (non-hydrogen) atoms. The third-order valence-electron chi connectivity index (χ3n) is 4.61. The van der Waals surface area contributed by atoms with Crippen molar-refractivity contribution in [2.24, 2.45) is 5.92 Å². The Morgan fingerprint density at radius 3 is 2.35 bits per heavy atom. The van der Waals surface area contributed by atoms with Gasteiger partial charge < -0.3 is 10.1 Å². The second kappa shape index (κ2) is 7.04. The summed E-state index contributed by atoms with van der Waals surface area (Å²) in [5.74, 6) is -0.0647. The lowest BCUT2D eigenvalue weighted by atomic mass is 9.98. The second-order valence-electron chi connectivity index (χ2n) is 7.94. The van der Waals surface area contributed by atoms with Crippen LogP contribution < -0.4 is 5.32 Å². The molecule has 0 bridgehead atoms. The minimum atomic E-state index is -0.408. The smallest absolute Gasteiger partial charge is 0.311 e. The molecule has 3 nitrogen and oxygen atoms in total. The summed E-state index contributed by atoms with van der Waals surface area (Å²) in [6.45, 7) is 13.1. The first kappa shape index (κ1) is 18.0. The highest BCUT2D eigenvalue weighted by molar-refractivity contribution is 5.74. The minimum Gasteiger partial charge on any atom is -0.460 e. The molecule has 2 atom stereocenters. The van der Waals surface area contributed by atoms with Gasteiger partial charge in [0.25, 0.3) is 0 Å². The molecule has 0 aliphatic heterocycles. The molecule has 128 valence electrons. The molecular weight excluding hydrogens is 286 g/mol. The van der Waals surface area contributed by atoms with Gasteiger partial charge in [0, 0.05) is 12.6 Å². The van der Waals surface area contributed by atoms with E-state index in [0.717, 1.165) is 25.8 Å². The van der Waals surface area contributed by atoms with E-state index in [0.29, 0.717) is 0 Å². The van der Waals surface area contributed by atoms with Crippen LogP contribution in [-0.2, 0) is 16.1 Å². The summed E-state index contributed by atoms with van der Waals surface area (Å²) in [6, 6.07) is 4.68. The first-order chi connectivity index (χ1) is 10.7. The Balaban J connectivity index is 2.01. The average molecular weight is 317 g/mol. The van der Waals surface area contributed by atoms with Crippen molar-refractivity contribution < 1.29 is 9.53 Å². The topological polar surface area (TPSA) is 38.3 Å². The van der Waals surface area contributed by atoms with Crippen LogP contribution in [-0.4, -0.2) is 17.6 Å². The molecule has 0 amide bonds. The van der Waals surface area contributed by atoms with Crippen LogP contribution in [0.1, 0.15) is 62.3 Å². The molecule has 0 saturated heterocycles. The van der Waals surface area contributed by atoms with Crippen molar-refractivity contribution >= 4 is 5.97 Å². The molecule has 1 N–H and O–H groups in total. The van der Waals surface area contributed by atoms with Gasteiger partial charge in [0.05, 0.1) is 5.92 Å². The molecule has 1 aliphatic carbocycles. The molecule has 0 spiro atoms. The number of nitrogens with one attached hydrogen (secondary N) is 1. The van der Waals surface area contributed by atoms with E-state index < -0.39 is 5.60 Å². The molecule has 0 heterocycles. The standard InChI is InChI=1S/C20H31NO2/c1-13-10-14(2)17(15(3)11-13)12-21-18-9-7-8-16(18)19(22)23-20(4,5)6/h10-11,16,18,21H,7-9,12H2,1-6H3/t16-,18-/m0/s1. The maximum absolute atomic E-state index is 12.4. The van der Waals surface area contributed by atoms with Crippen molar-refractivity contribution in [3.63, 3.8) is 0 Å². The van der Waals surface area contributed by atoms with Crippen molar-refractivity contribution in [3.8, 4) is 0 Å². The third kappa shape index (κ3) is 4.81. The van der Waals surface area contributed by atoms with E-state index in [9.17, 15) is 4.79 Å². The van der Waals surface area contributed by atoms with Crippen LogP contribution in [0.4, 0.5) is 0 Å². The summed E-state index contributed by atoms with van der Waals surface area (Å²) in [6.07, 6.45) is 3.07. The van der Waals surface area contributed by atoms with Crippen LogP contribution in [0.25, 0.3) is 0 Å². The molecule has 0 aromatic heterocycles. The zero-order chi connectivity index (χ0) is 17.2. The highest BCUT2D eigenvalue weighted by atomic mass is 16.6. The van der Waals surface area contributed by atoms with E-state index in [-0.39, 0.29) is 17.9 Å². The van der Waals surface area contributed by atoms with E-state index in [4.69, 9.17) is 4.74 Å². The van der Waals surface area contributed by atoms with Gasteiger partial charge in [-0.05, 0) is 71.1 Å². The van der Waals surface area contributed by atoms with E-state index >= 15 is 0 Å². The van der Waals surface area contributed by atoms with Gasteiger partial charge in [-0.1, -0.05) is 24.1 Å². The number of carbonyl (C=O) groups is 1. The van der Waals surface area contributed by atoms with Crippen LogP contribution in [0.3, 0.4) is 0 Å². The third-order valence-corrected chi connectivity index (χ3v) is 4.61. The molecule has 3 heteroatoms. The molecule has 1 aromatic rings. The Hall–Kier alpha value is -1.35. The summed E-state index contributed by atoms with van der Waals surface area (Å²) in [7, 11) is 0. The van der Waals surface area contributed by atoms with Crippen molar-refractivity contribution in [2.75, 3.05) is 0 Å². The van der Waals surface area contributed by atoms with Crippen LogP contribution in [0, 0.1) is 26.7 Å². The summed E-state index contributed by atoms with van der Waals surface area (Å²) in [5, 5.41) is 3.61. The van der Waals surface area contributed by atoms with Crippen LogP contribution >= 0.6 is 0 Å². The summed E-state index contributed by atoms with van der Waals surface area (Å²) in [5.41, 5.74) is 4.89. The molecule has 0 radical (unpaired) electrons. The molecule has 2 rings (SSSR count). The van der Waals surface area contributed by atoms with Gasteiger partial charge in [0.1, 0.15) is 5.60 Å². The normalized spacial score (nSPS) is 21.5. The maximum Gasteiger partial charge on any atom is 0.311 e. The number of hydrogen-bond acceptors (Lipinski definition) is 3. The Bertz CT molecular complexity index is 548. The van der Waals surface area contributed by atoms with Gasteiger partial charge in [0.2, 0.25) is 0 Å². The number of esters is 1. The highest BCUT2D eigenvalue weighted by Crippen LogP contribution is 2.29. The van der Waals surface area contributed by atoms with E-state index in [1.165, 1.54) is 22.3 Å². The Kier molecular flexibility index (Phi) is 5.51. The van der Waals surface area contributed by atoms with Crippen LogP contribution in [0.2, 0.25) is 0 Å². The Labute approximate surface area is 140 Å². The predicted molar refractivity (Wildman–Crippen MR) is 94.5 cm³/mol. The zero-order valence-corrected chi connectivity index (χ0v) is 15.5. The summed E-state index contributed by atoms with van der Waals surface area (Å²) < 4.78 is 5.59. The highest BCUT2D eigenvalue weighted by Gasteiger charge is 2.35. The van der Waals surface area contributed by atoms with Crippen molar-refractivity contribution in [1.82, 2.24) is 5.32 Å². The molecule has 1 aliphatic rings. The lowest BCUT2D eigenvalue weighted by molar-refractivity contribution is -0.160. The fraction of sp³-hybridized carbons (Fsp3) is 0.650. The first-order valence-electron chi connectivity index (χ1n) is 8.70. The number of hydrogen-bond donors (Lipinski definition) is 1. The second-order valence-corrected chi connectivity index (χ2v) is 7.94. The molecular formula is C20H31NO2. The lowest BCUT2D eigenvalue weighted by Crippen LogP contribution is -2.39. The van der Waals surface area contributed by atoms with Crippen molar-refractivity contribution in [1.29, 1.82) is 0 Å². The summed E-state index contributed by atoms with van der Waals surface area (Å²) >= 11 is 0. The largest absolute Gasteiger partial charge is 0.460 e. The number of benzene rings is 1. The van der Waals surface area contributed by atoms with Gasteiger partial charge in [-0.3, -0.25) is 4.79 Å². The molecule has 0 unspecified atom stereocenters. The SMILES string of the molecule is Cc1cc(C)c(CN[C@H]2CCC[C@@H]2C(=O)OC(C)(C)C)c(C)c1. The van der Waals surface area contributed by atoms with Gasteiger partial charge in [-0.2, -0.15) is 0 Å². The zero-order valence-electron chi connectivity index (χ0n) is 15.5. The minimum absolute atomic E-state index is 0.0136. The molecule has 1 fully saturated rings.